The second kappa shape index (κ2) is 17.2. The van der Waals surface area contributed by atoms with Crippen molar-refractivity contribution in [3.05, 3.63) is 18.2 Å². The maximum Gasteiger partial charge on any atom is 0.195 e. The second-order valence-corrected chi connectivity index (χ2v) is 7.48. The highest BCUT2D eigenvalue weighted by Crippen LogP contribution is 2.32. The maximum atomic E-state index is 5.82. The summed E-state index contributed by atoms with van der Waals surface area (Å²) in [6.45, 7) is 13.4. The number of benzene rings is 1. The van der Waals surface area contributed by atoms with Crippen LogP contribution in [0.15, 0.2) is 23.2 Å². The molecular formula is C23H41IN4O4. The van der Waals surface area contributed by atoms with E-state index in [1.54, 1.807) is 7.11 Å². The molecule has 2 N–H and O–H groups in total. The Kier molecular flexibility index (Phi) is 15.5. The maximum absolute atomic E-state index is 5.82. The van der Waals surface area contributed by atoms with Crippen LogP contribution in [0.5, 0.6) is 11.5 Å². The number of guanidine groups is 1. The van der Waals surface area contributed by atoms with Crippen molar-refractivity contribution in [2.24, 2.45) is 4.99 Å². The lowest BCUT2D eigenvalue weighted by molar-refractivity contribution is 0.0699. The number of nitrogens with zero attached hydrogens (tertiary/aromatic N) is 2. The van der Waals surface area contributed by atoms with Gasteiger partial charge in [-0.05, 0) is 38.6 Å². The fourth-order valence-corrected chi connectivity index (χ4v) is 3.33. The summed E-state index contributed by atoms with van der Waals surface area (Å²) < 4.78 is 22.1. The van der Waals surface area contributed by atoms with Gasteiger partial charge in [0.25, 0.3) is 0 Å². The van der Waals surface area contributed by atoms with Gasteiger partial charge in [-0.1, -0.05) is 13.8 Å². The lowest BCUT2D eigenvalue weighted by Crippen LogP contribution is -2.37. The van der Waals surface area contributed by atoms with Gasteiger partial charge < -0.3 is 29.6 Å². The van der Waals surface area contributed by atoms with Crippen LogP contribution in [0.25, 0.3) is 0 Å². The molecule has 1 aromatic rings. The quantitative estimate of drug-likeness (QED) is 0.164. The van der Waals surface area contributed by atoms with Gasteiger partial charge in [0.2, 0.25) is 0 Å². The van der Waals surface area contributed by atoms with E-state index in [1.807, 2.05) is 18.2 Å². The highest BCUT2D eigenvalue weighted by atomic mass is 127. The number of halogens is 1. The van der Waals surface area contributed by atoms with Gasteiger partial charge in [-0.25, -0.2) is 0 Å². The van der Waals surface area contributed by atoms with Gasteiger partial charge in [-0.15, -0.1) is 24.0 Å². The first-order chi connectivity index (χ1) is 15.2. The molecule has 2 rings (SSSR count). The average molecular weight is 565 g/mol. The van der Waals surface area contributed by atoms with Crippen LogP contribution in [0.2, 0.25) is 0 Å². The Morgan fingerprint density at radius 2 is 1.88 bits per heavy atom. The number of hydrogen-bond donors (Lipinski definition) is 2. The van der Waals surface area contributed by atoms with E-state index < -0.39 is 0 Å². The van der Waals surface area contributed by atoms with Crippen molar-refractivity contribution >= 4 is 35.6 Å². The molecule has 0 spiro atoms. The molecule has 184 valence electrons. The van der Waals surface area contributed by atoms with Crippen LogP contribution in [0, 0.1) is 0 Å². The van der Waals surface area contributed by atoms with Gasteiger partial charge in [-0.3, -0.25) is 9.89 Å². The largest absolute Gasteiger partial charge is 0.490 e. The summed E-state index contributed by atoms with van der Waals surface area (Å²) in [5.41, 5.74) is 0.919. The number of hydrogen-bond acceptors (Lipinski definition) is 6. The molecule has 1 heterocycles. The van der Waals surface area contributed by atoms with Crippen LogP contribution in [0.3, 0.4) is 0 Å². The van der Waals surface area contributed by atoms with Crippen LogP contribution in [-0.4, -0.2) is 83.2 Å². The van der Waals surface area contributed by atoms with E-state index in [0.717, 1.165) is 55.6 Å². The minimum atomic E-state index is 0. The van der Waals surface area contributed by atoms with Crippen LogP contribution in [0.4, 0.5) is 5.69 Å². The van der Waals surface area contributed by atoms with E-state index in [-0.39, 0.29) is 24.0 Å². The Hall–Kier alpha value is -1.30. The predicted molar refractivity (Wildman–Crippen MR) is 141 cm³/mol. The Balaban J connectivity index is 0.00000512. The zero-order chi connectivity index (χ0) is 22.3. The molecule has 0 bridgehead atoms. The molecule has 9 heteroatoms. The second-order valence-electron chi connectivity index (χ2n) is 7.48. The normalized spacial score (nSPS) is 14.5. The third kappa shape index (κ3) is 10.5. The van der Waals surface area contributed by atoms with Gasteiger partial charge in [0.15, 0.2) is 17.5 Å². The summed E-state index contributed by atoms with van der Waals surface area (Å²) in [4.78, 5) is 7.23. The molecule has 0 amide bonds. The Morgan fingerprint density at radius 3 is 2.59 bits per heavy atom. The summed E-state index contributed by atoms with van der Waals surface area (Å²) in [6.07, 6.45) is 1.78. The topological polar surface area (TPSA) is 76.6 Å². The van der Waals surface area contributed by atoms with Crippen molar-refractivity contribution in [2.75, 3.05) is 71.6 Å². The summed E-state index contributed by atoms with van der Waals surface area (Å²) in [5.74, 6) is 2.31. The number of ether oxygens (including phenoxy) is 4. The molecule has 32 heavy (non-hydrogen) atoms. The van der Waals surface area contributed by atoms with E-state index in [4.69, 9.17) is 23.9 Å². The highest BCUT2D eigenvalue weighted by Gasteiger charge is 2.13. The van der Waals surface area contributed by atoms with Crippen LogP contribution in [-0.2, 0) is 9.47 Å². The third-order valence-corrected chi connectivity index (χ3v) is 5.15. The Labute approximate surface area is 210 Å². The van der Waals surface area contributed by atoms with E-state index >= 15 is 0 Å². The summed E-state index contributed by atoms with van der Waals surface area (Å²) in [7, 11) is 1.68. The number of nitrogens with one attached hydrogen (secondary N) is 2. The van der Waals surface area contributed by atoms with Crippen molar-refractivity contribution < 1.29 is 18.9 Å². The van der Waals surface area contributed by atoms with E-state index in [1.165, 1.54) is 0 Å². The fraction of sp³-hybridized carbons (Fsp3) is 0.696. The molecule has 0 aromatic heterocycles. The van der Waals surface area contributed by atoms with Gasteiger partial charge in [0.05, 0.1) is 33.0 Å². The molecule has 0 fully saturated rings. The third-order valence-electron chi connectivity index (χ3n) is 5.15. The SMILES string of the molecule is CCN(CC)C(C)CN=C(NCCCOCCOC)Nc1ccc2c(c1)OCCCO2.I. The lowest BCUT2D eigenvalue weighted by Gasteiger charge is -2.25. The van der Waals surface area contributed by atoms with Gasteiger partial charge in [0, 0.05) is 44.5 Å². The van der Waals surface area contributed by atoms with Gasteiger partial charge in [-0.2, -0.15) is 0 Å². The van der Waals surface area contributed by atoms with Crippen molar-refractivity contribution in [1.29, 1.82) is 0 Å². The summed E-state index contributed by atoms with van der Waals surface area (Å²) in [5, 5.41) is 6.83. The monoisotopic (exact) mass is 564 g/mol. The van der Waals surface area contributed by atoms with Crippen LogP contribution in [0.1, 0.15) is 33.6 Å². The number of anilines is 1. The zero-order valence-corrected chi connectivity index (χ0v) is 22.4. The van der Waals surface area contributed by atoms with E-state index in [0.29, 0.717) is 45.6 Å². The number of likely N-dealkylation sites (N-methyl/N-ethyl adjacent to an activating group) is 1. The van der Waals surface area contributed by atoms with E-state index in [2.05, 4.69) is 36.3 Å². The van der Waals surface area contributed by atoms with E-state index in [9.17, 15) is 0 Å². The van der Waals surface area contributed by atoms with Crippen molar-refractivity contribution in [2.45, 2.75) is 39.7 Å². The summed E-state index contributed by atoms with van der Waals surface area (Å²) >= 11 is 0. The number of rotatable bonds is 13. The minimum Gasteiger partial charge on any atom is -0.490 e. The molecular weight excluding hydrogens is 523 g/mol. The molecule has 1 aliphatic rings. The molecule has 0 radical (unpaired) electrons. The molecule has 0 saturated heterocycles. The van der Waals surface area contributed by atoms with Gasteiger partial charge in [0.1, 0.15) is 0 Å². The Morgan fingerprint density at radius 1 is 1.12 bits per heavy atom. The average Bonchev–Trinajstić information content (AvgIpc) is 3.02. The molecule has 8 nitrogen and oxygen atoms in total. The van der Waals surface area contributed by atoms with Crippen molar-refractivity contribution in [1.82, 2.24) is 10.2 Å². The molecule has 1 unspecified atom stereocenters. The molecule has 0 aliphatic carbocycles. The molecule has 1 aliphatic heterocycles. The number of fused-ring (bicyclic) bond motifs is 1. The van der Waals surface area contributed by atoms with Crippen LogP contribution < -0.4 is 20.1 Å². The minimum absolute atomic E-state index is 0. The zero-order valence-electron chi connectivity index (χ0n) is 20.0. The highest BCUT2D eigenvalue weighted by molar-refractivity contribution is 14.0. The first-order valence-corrected chi connectivity index (χ1v) is 11.4. The number of methoxy groups -OCH3 is 1. The standard InChI is InChI=1S/C23H40N4O4.HI/c1-5-27(6-2)19(3)18-25-23(24-11-7-12-29-16-15-28-4)26-20-9-10-21-22(17-20)31-14-8-13-30-21;/h9-10,17,19H,5-8,11-16,18H2,1-4H3,(H2,24,25,26);1H. The first-order valence-electron chi connectivity index (χ1n) is 11.4. The fourth-order valence-electron chi connectivity index (χ4n) is 3.33. The number of aliphatic imine (C=N–C) groups is 1. The van der Waals surface area contributed by atoms with Gasteiger partial charge >= 0.3 is 0 Å². The van der Waals surface area contributed by atoms with Crippen molar-refractivity contribution in [3.63, 3.8) is 0 Å². The molecule has 1 atom stereocenters. The summed E-state index contributed by atoms with van der Waals surface area (Å²) in [6, 6.07) is 6.28. The first kappa shape index (κ1) is 28.7. The van der Waals surface area contributed by atoms with Crippen LogP contribution >= 0.6 is 24.0 Å². The smallest absolute Gasteiger partial charge is 0.195 e. The predicted octanol–water partition coefficient (Wildman–Crippen LogP) is 3.61. The van der Waals surface area contributed by atoms with Crippen molar-refractivity contribution in [3.8, 4) is 11.5 Å². The lowest BCUT2D eigenvalue weighted by atomic mass is 10.2. The molecule has 1 aromatic carbocycles. The Bertz CT molecular complexity index is 659. The molecule has 0 saturated carbocycles.